The smallest absolute Gasteiger partial charge is 0.268 e. The number of nitrogen functional groups attached to an aromatic ring is 1. The minimum absolute atomic E-state index is 0.200. The molecular weight excluding hydrogens is 350 g/mol. The van der Waals surface area contributed by atoms with Crippen LogP contribution in [0.4, 0.5) is 5.69 Å². The van der Waals surface area contributed by atoms with Gasteiger partial charge in [0.2, 0.25) is 0 Å². The molecule has 136 valence electrons. The van der Waals surface area contributed by atoms with Gasteiger partial charge >= 0.3 is 0 Å². The van der Waals surface area contributed by atoms with Crippen LogP contribution < -0.4 is 15.8 Å². The molecule has 0 aliphatic carbocycles. The zero-order valence-electron chi connectivity index (χ0n) is 14.3. The minimum Gasteiger partial charge on any atom is -0.491 e. The third-order valence-electron chi connectivity index (χ3n) is 4.70. The number of hydrogen-bond donors (Lipinski definition) is 2. The summed E-state index contributed by atoms with van der Waals surface area (Å²) in [5.41, 5.74) is 6.78. The molecule has 1 aliphatic heterocycles. The highest BCUT2D eigenvalue weighted by Crippen LogP contribution is 2.29. The van der Waals surface area contributed by atoms with Crippen molar-refractivity contribution in [1.82, 2.24) is 9.29 Å². The lowest BCUT2D eigenvalue weighted by atomic mass is 10.2. The molecule has 0 spiro atoms. The summed E-state index contributed by atoms with van der Waals surface area (Å²) in [7, 11) is -3.69. The highest BCUT2D eigenvalue weighted by atomic mass is 32.2. The van der Waals surface area contributed by atoms with E-state index in [9.17, 15) is 8.42 Å². The van der Waals surface area contributed by atoms with Crippen LogP contribution >= 0.6 is 0 Å². The van der Waals surface area contributed by atoms with E-state index in [0.29, 0.717) is 29.6 Å². The number of nitrogens with two attached hydrogens (primary N) is 1. The highest BCUT2D eigenvalue weighted by Gasteiger charge is 2.20. The van der Waals surface area contributed by atoms with E-state index in [1.54, 1.807) is 30.5 Å². The average Bonchev–Trinajstić information content (AvgIpc) is 3.30. The van der Waals surface area contributed by atoms with Gasteiger partial charge in [0.15, 0.2) is 0 Å². The zero-order chi connectivity index (χ0) is 18.1. The van der Waals surface area contributed by atoms with Crippen molar-refractivity contribution in [3.05, 3.63) is 54.7 Å². The Morgan fingerprint density at radius 1 is 1.15 bits per heavy atom. The van der Waals surface area contributed by atoms with Crippen molar-refractivity contribution in [2.45, 2.75) is 23.8 Å². The Morgan fingerprint density at radius 3 is 2.69 bits per heavy atom. The normalized spacial score (nSPS) is 17.6. The van der Waals surface area contributed by atoms with Crippen LogP contribution in [0.25, 0.3) is 10.9 Å². The summed E-state index contributed by atoms with van der Waals surface area (Å²) in [6.07, 6.45) is 3.83. The highest BCUT2D eigenvalue weighted by molar-refractivity contribution is 7.90. The van der Waals surface area contributed by atoms with Crippen LogP contribution in [-0.2, 0) is 10.0 Å². The minimum atomic E-state index is -3.69. The first-order valence-electron chi connectivity index (χ1n) is 8.63. The van der Waals surface area contributed by atoms with Gasteiger partial charge in [-0.05, 0) is 61.9 Å². The molecule has 3 aromatic rings. The van der Waals surface area contributed by atoms with Gasteiger partial charge in [0, 0.05) is 23.3 Å². The molecule has 4 rings (SSSR count). The maximum Gasteiger partial charge on any atom is 0.268 e. The molecule has 1 aliphatic rings. The Kier molecular flexibility index (Phi) is 4.34. The molecule has 6 nitrogen and oxygen atoms in total. The van der Waals surface area contributed by atoms with Crippen molar-refractivity contribution in [2.75, 3.05) is 18.9 Å². The number of rotatable bonds is 5. The average molecular weight is 371 g/mol. The van der Waals surface area contributed by atoms with Crippen molar-refractivity contribution < 1.29 is 13.2 Å². The number of hydrogen-bond acceptors (Lipinski definition) is 5. The van der Waals surface area contributed by atoms with Crippen molar-refractivity contribution >= 4 is 26.6 Å². The second-order valence-electron chi connectivity index (χ2n) is 6.48. The molecule has 1 aromatic heterocycles. The van der Waals surface area contributed by atoms with E-state index >= 15 is 0 Å². The van der Waals surface area contributed by atoms with E-state index < -0.39 is 10.0 Å². The number of nitrogens with one attached hydrogen (secondary N) is 1. The Labute approximate surface area is 152 Å². The number of nitrogens with zero attached hydrogens (tertiary/aromatic N) is 1. The van der Waals surface area contributed by atoms with Gasteiger partial charge in [0.25, 0.3) is 10.0 Å². The lowest BCUT2D eigenvalue weighted by molar-refractivity contribution is 0.280. The summed E-state index contributed by atoms with van der Waals surface area (Å²) in [6.45, 7) is 1.60. The molecule has 0 radical (unpaired) electrons. The second kappa shape index (κ2) is 6.66. The molecule has 2 aromatic carbocycles. The van der Waals surface area contributed by atoms with Gasteiger partial charge < -0.3 is 15.8 Å². The van der Waals surface area contributed by atoms with E-state index in [2.05, 4.69) is 5.32 Å². The fourth-order valence-corrected chi connectivity index (χ4v) is 4.64. The molecule has 1 saturated heterocycles. The Morgan fingerprint density at radius 2 is 1.96 bits per heavy atom. The Balaban J connectivity index is 1.68. The van der Waals surface area contributed by atoms with Gasteiger partial charge in [0.05, 0.1) is 10.4 Å². The summed E-state index contributed by atoms with van der Waals surface area (Å²) in [6, 6.07) is 13.8. The van der Waals surface area contributed by atoms with E-state index in [0.717, 1.165) is 24.8 Å². The molecule has 1 fully saturated rings. The van der Waals surface area contributed by atoms with Gasteiger partial charge in [-0.2, -0.15) is 0 Å². The van der Waals surface area contributed by atoms with E-state index in [4.69, 9.17) is 10.5 Å². The Hall–Kier alpha value is -2.51. The molecule has 0 bridgehead atoms. The summed E-state index contributed by atoms with van der Waals surface area (Å²) in [5, 5.41) is 4.18. The number of anilines is 1. The van der Waals surface area contributed by atoms with Crippen molar-refractivity contribution in [3.8, 4) is 5.75 Å². The third kappa shape index (κ3) is 3.04. The largest absolute Gasteiger partial charge is 0.491 e. The van der Waals surface area contributed by atoms with Gasteiger partial charge in [-0.3, -0.25) is 0 Å². The Bertz CT molecular complexity index is 1020. The fourth-order valence-electron chi connectivity index (χ4n) is 3.29. The maximum absolute atomic E-state index is 13.0. The standard InChI is InChI=1S/C19H21N3O3S/c20-14-6-8-16(9-7-14)26(23,24)22-12-10-17-18(22)4-1-5-19(17)25-13-15-3-2-11-21-15/h1,4-10,12,15,21H,2-3,11,13,20H2/t15-/m0/s1. The molecule has 7 heteroatoms. The summed E-state index contributed by atoms with van der Waals surface area (Å²) in [4.78, 5) is 0.200. The first-order valence-corrected chi connectivity index (χ1v) is 10.1. The van der Waals surface area contributed by atoms with Crippen molar-refractivity contribution in [3.63, 3.8) is 0 Å². The SMILES string of the molecule is Nc1ccc(S(=O)(=O)n2ccc3c(OC[C@@H]4CCCN4)cccc32)cc1. The number of aromatic nitrogens is 1. The monoisotopic (exact) mass is 371 g/mol. The molecule has 0 saturated carbocycles. The van der Waals surface area contributed by atoms with Crippen LogP contribution in [0, 0.1) is 0 Å². The molecule has 1 atom stereocenters. The van der Waals surface area contributed by atoms with Gasteiger partial charge in [0.1, 0.15) is 12.4 Å². The fraction of sp³-hybridized carbons (Fsp3) is 0.263. The number of ether oxygens (including phenoxy) is 1. The molecule has 0 unspecified atom stereocenters. The molecular formula is C19H21N3O3S. The van der Waals surface area contributed by atoms with E-state index in [1.807, 2.05) is 12.1 Å². The van der Waals surface area contributed by atoms with E-state index in [1.165, 1.54) is 16.1 Å². The predicted octanol–water partition coefficient (Wildman–Crippen LogP) is 2.59. The van der Waals surface area contributed by atoms with Crippen molar-refractivity contribution in [2.24, 2.45) is 0 Å². The molecule has 26 heavy (non-hydrogen) atoms. The van der Waals surface area contributed by atoms with Crippen LogP contribution in [-0.4, -0.2) is 31.6 Å². The van der Waals surface area contributed by atoms with Crippen LogP contribution in [0.3, 0.4) is 0 Å². The van der Waals surface area contributed by atoms with Crippen LogP contribution in [0.5, 0.6) is 5.75 Å². The third-order valence-corrected chi connectivity index (χ3v) is 6.40. The topological polar surface area (TPSA) is 86.4 Å². The second-order valence-corrected chi connectivity index (χ2v) is 8.29. The van der Waals surface area contributed by atoms with E-state index in [-0.39, 0.29) is 4.90 Å². The quantitative estimate of drug-likeness (QED) is 0.673. The van der Waals surface area contributed by atoms with Gasteiger partial charge in [-0.25, -0.2) is 12.4 Å². The van der Waals surface area contributed by atoms with Gasteiger partial charge in [-0.1, -0.05) is 6.07 Å². The summed E-state index contributed by atoms with van der Waals surface area (Å²) >= 11 is 0. The zero-order valence-corrected chi connectivity index (χ0v) is 15.1. The molecule has 2 heterocycles. The number of benzene rings is 2. The van der Waals surface area contributed by atoms with Crippen LogP contribution in [0.2, 0.25) is 0 Å². The number of fused-ring (bicyclic) bond motifs is 1. The lowest BCUT2D eigenvalue weighted by Crippen LogP contribution is -2.28. The lowest BCUT2D eigenvalue weighted by Gasteiger charge is -2.13. The predicted molar refractivity (Wildman–Crippen MR) is 102 cm³/mol. The van der Waals surface area contributed by atoms with Crippen molar-refractivity contribution in [1.29, 1.82) is 0 Å². The van der Waals surface area contributed by atoms with Gasteiger partial charge in [-0.15, -0.1) is 0 Å². The molecule has 3 N–H and O–H groups in total. The molecule has 0 amide bonds. The summed E-state index contributed by atoms with van der Waals surface area (Å²) in [5.74, 6) is 0.697. The van der Waals surface area contributed by atoms with Crippen LogP contribution in [0.15, 0.2) is 59.6 Å². The summed E-state index contributed by atoms with van der Waals surface area (Å²) < 4.78 is 33.2. The van der Waals surface area contributed by atoms with Crippen LogP contribution in [0.1, 0.15) is 12.8 Å². The maximum atomic E-state index is 13.0. The first-order chi connectivity index (χ1) is 12.6. The first kappa shape index (κ1) is 16.9.